The summed E-state index contributed by atoms with van der Waals surface area (Å²) in [5.74, 6) is 0.0212. The van der Waals surface area contributed by atoms with Crippen molar-refractivity contribution in [3.05, 3.63) is 107 Å². The summed E-state index contributed by atoms with van der Waals surface area (Å²) in [5, 5.41) is 1.19. The maximum absolute atomic E-state index is 13.6. The first-order valence-corrected chi connectivity index (χ1v) is 13.2. The molecular weight excluding hydrogens is 458 g/mol. The number of carbonyl (C=O) groups excluding carboxylic acids is 2. The number of rotatable bonds is 12. The molecule has 4 rings (SSSR count). The van der Waals surface area contributed by atoms with Crippen molar-refractivity contribution >= 4 is 22.7 Å². The number of hydrogen-bond donors (Lipinski definition) is 1. The second kappa shape index (κ2) is 12.9. The van der Waals surface area contributed by atoms with Crippen molar-refractivity contribution in [2.45, 2.75) is 46.1 Å². The zero-order chi connectivity index (χ0) is 26.0. The number of aromatic amines is 1. The quantitative estimate of drug-likeness (QED) is 0.265. The highest BCUT2D eigenvalue weighted by molar-refractivity contribution is 5.85. The fraction of sp³-hybridized carbons (Fsp3) is 0.312. The number of nitrogens with one attached hydrogen (secondary N) is 1. The molecule has 3 aromatic carbocycles. The standard InChI is InChI=1S/C32H37N3O2/c1-3-20-34(31(36)18-17-26-9-5-4-6-10-26)24-32(37)35(23-27-15-13-25(2)14-16-27)21-19-28-22-33-30-12-8-7-11-29(28)30/h4-16,22,33H,3,17-21,23-24H2,1-2H3. The summed E-state index contributed by atoms with van der Waals surface area (Å²) < 4.78 is 0. The highest BCUT2D eigenvalue weighted by atomic mass is 16.2. The molecule has 4 aromatic rings. The maximum Gasteiger partial charge on any atom is 0.242 e. The van der Waals surface area contributed by atoms with E-state index in [9.17, 15) is 9.59 Å². The molecule has 0 unspecified atom stereocenters. The van der Waals surface area contributed by atoms with Gasteiger partial charge in [-0.15, -0.1) is 0 Å². The van der Waals surface area contributed by atoms with E-state index < -0.39 is 0 Å². The first kappa shape index (κ1) is 26.2. The number of amides is 2. The average molecular weight is 496 g/mol. The van der Waals surface area contributed by atoms with Crippen molar-refractivity contribution in [3.63, 3.8) is 0 Å². The van der Waals surface area contributed by atoms with Crippen molar-refractivity contribution < 1.29 is 9.59 Å². The predicted molar refractivity (Wildman–Crippen MR) is 150 cm³/mol. The summed E-state index contributed by atoms with van der Waals surface area (Å²) in [4.78, 5) is 33.7. The SMILES string of the molecule is CCCN(CC(=O)N(CCc1c[nH]c2ccccc12)Cc1ccc(C)cc1)C(=O)CCc1ccccc1. The van der Waals surface area contributed by atoms with Gasteiger partial charge in [-0.2, -0.15) is 0 Å². The number of H-pyrrole nitrogens is 1. The minimum atomic E-state index is -0.0121. The number of benzene rings is 3. The van der Waals surface area contributed by atoms with Crippen LogP contribution in [0, 0.1) is 6.92 Å². The van der Waals surface area contributed by atoms with Crippen LogP contribution in [0.15, 0.2) is 85.1 Å². The molecule has 0 fully saturated rings. The monoisotopic (exact) mass is 495 g/mol. The molecule has 1 N–H and O–H groups in total. The number of fused-ring (bicyclic) bond motifs is 1. The number of para-hydroxylation sites is 1. The number of nitrogens with zero attached hydrogens (tertiary/aromatic N) is 2. The summed E-state index contributed by atoms with van der Waals surface area (Å²) in [6, 6.07) is 26.6. The summed E-state index contributed by atoms with van der Waals surface area (Å²) in [6.07, 6.45) is 4.69. The highest BCUT2D eigenvalue weighted by Gasteiger charge is 2.21. The second-order valence-corrected chi connectivity index (χ2v) is 9.71. The average Bonchev–Trinajstić information content (AvgIpc) is 3.34. The van der Waals surface area contributed by atoms with Crippen molar-refractivity contribution in [1.82, 2.24) is 14.8 Å². The van der Waals surface area contributed by atoms with E-state index in [4.69, 9.17) is 0 Å². The van der Waals surface area contributed by atoms with Gasteiger partial charge in [0.15, 0.2) is 0 Å². The van der Waals surface area contributed by atoms with Crippen molar-refractivity contribution in [2.24, 2.45) is 0 Å². The Morgan fingerprint density at radius 3 is 2.24 bits per heavy atom. The van der Waals surface area contributed by atoms with Gasteiger partial charge in [0.2, 0.25) is 11.8 Å². The summed E-state index contributed by atoms with van der Waals surface area (Å²) in [5.41, 5.74) is 5.72. The van der Waals surface area contributed by atoms with Gasteiger partial charge in [-0.1, -0.05) is 85.3 Å². The first-order chi connectivity index (χ1) is 18.0. The Kier molecular flexibility index (Phi) is 9.14. The van der Waals surface area contributed by atoms with E-state index in [1.54, 1.807) is 4.90 Å². The van der Waals surface area contributed by atoms with Gasteiger partial charge in [0.25, 0.3) is 0 Å². The Morgan fingerprint density at radius 1 is 0.757 bits per heavy atom. The van der Waals surface area contributed by atoms with E-state index in [1.165, 1.54) is 16.5 Å². The molecule has 0 aliphatic carbocycles. The van der Waals surface area contributed by atoms with Gasteiger partial charge < -0.3 is 14.8 Å². The van der Waals surface area contributed by atoms with E-state index in [0.29, 0.717) is 32.5 Å². The fourth-order valence-corrected chi connectivity index (χ4v) is 4.68. The van der Waals surface area contributed by atoms with Gasteiger partial charge in [0.05, 0.1) is 6.54 Å². The van der Waals surface area contributed by atoms with Gasteiger partial charge in [0.1, 0.15) is 0 Å². The van der Waals surface area contributed by atoms with Crippen molar-refractivity contribution in [2.75, 3.05) is 19.6 Å². The Bertz CT molecular complexity index is 1290. The molecule has 0 atom stereocenters. The van der Waals surface area contributed by atoms with Gasteiger partial charge >= 0.3 is 0 Å². The van der Waals surface area contributed by atoms with Crippen LogP contribution in [0.1, 0.15) is 42.0 Å². The number of aryl methyl sites for hydroxylation is 2. The third-order valence-corrected chi connectivity index (χ3v) is 6.82. The topological polar surface area (TPSA) is 56.4 Å². The highest BCUT2D eigenvalue weighted by Crippen LogP contribution is 2.19. The van der Waals surface area contributed by atoms with Crippen LogP contribution >= 0.6 is 0 Å². The van der Waals surface area contributed by atoms with E-state index in [1.807, 2.05) is 60.5 Å². The smallest absolute Gasteiger partial charge is 0.242 e. The van der Waals surface area contributed by atoms with Crippen LogP contribution in [0.3, 0.4) is 0 Å². The minimum absolute atomic E-state index is 0.0121. The third-order valence-electron chi connectivity index (χ3n) is 6.82. The van der Waals surface area contributed by atoms with Crippen LogP contribution in [0.5, 0.6) is 0 Å². The third kappa shape index (κ3) is 7.32. The lowest BCUT2D eigenvalue weighted by Gasteiger charge is -2.28. The number of carbonyl (C=O) groups is 2. The molecule has 1 aromatic heterocycles. The lowest BCUT2D eigenvalue weighted by molar-refractivity contribution is -0.140. The Balaban J connectivity index is 1.46. The van der Waals surface area contributed by atoms with Crippen LogP contribution in [0.4, 0.5) is 0 Å². The van der Waals surface area contributed by atoms with E-state index in [2.05, 4.69) is 48.3 Å². The fourth-order valence-electron chi connectivity index (χ4n) is 4.68. The normalized spacial score (nSPS) is 11.0. The molecule has 1 heterocycles. The maximum atomic E-state index is 13.6. The van der Waals surface area contributed by atoms with Crippen LogP contribution in [0.2, 0.25) is 0 Å². The molecule has 5 heteroatoms. The second-order valence-electron chi connectivity index (χ2n) is 9.71. The van der Waals surface area contributed by atoms with Crippen LogP contribution in [-0.4, -0.2) is 46.2 Å². The molecule has 0 spiro atoms. The lowest BCUT2D eigenvalue weighted by Crippen LogP contribution is -2.43. The molecule has 0 saturated carbocycles. The largest absolute Gasteiger partial charge is 0.361 e. The van der Waals surface area contributed by atoms with E-state index >= 15 is 0 Å². The van der Waals surface area contributed by atoms with Crippen LogP contribution < -0.4 is 0 Å². The predicted octanol–water partition coefficient (Wildman–Crippen LogP) is 5.92. The molecular formula is C32H37N3O2. The molecule has 0 bridgehead atoms. The van der Waals surface area contributed by atoms with Crippen molar-refractivity contribution in [3.8, 4) is 0 Å². The van der Waals surface area contributed by atoms with Crippen molar-refractivity contribution in [1.29, 1.82) is 0 Å². The minimum Gasteiger partial charge on any atom is -0.361 e. The summed E-state index contributed by atoms with van der Waals surface area (Å²) >= 11 is 0. The Hall–Kier alpha value is -3.86. The molecule has 0 aliphatic heterocycles. The zero-order valence-electron chi connectivity index (χ0n) is 22.0. The number of aromatic nitrogens is 1. The van der Waals surface area contributed by atoms with Gasteiger partial charge in [-0.3, -0.25) is 9.59 Å². The number of hydrogen-bond acceptors (Lipinski definition) is 2. The molecule has 0 radical (unpaired) electrons. The zero-order valence-corrected chi connectivity index (χ0v) is 22.0. The Labute approximate surface area is 220 Å². The van der Waals surface area contributed by atoms with Gasteiger partial charge in [-0.25, -0.2) is 0 Å². The van der Waals surface area contributed by atoms with E-state index in [-0.39, 0.29) is 18.4 Å². The molecule has 37 heavy (non-hydrogen) atoms. The first-order valence-electron chi connectivity index (χ1n) is 13.2. The van der Waals surface area contributed by atoms with Gasteiger partial charge in [-0.05, 0) is 48.9 Å². The van der Waals surface area contributed by atoms with Gasteiger partial charge in [0, 0.05) is 43.2 Å². The van der Waals surface area contributed by atoms with Crippen LogP contribution in [0.25, 0.3) is 10.9 Å². The Morgan fingerprint density at radius 2 is 1.49 bits per heavy atom. The molecule has 5 nitrogen and oxygen atoms in total. The summed E-state index contributed by atoms with van der Waals surface area (Å²) in [7, 11) is 0. The lowest BCUT2D eigenvalue weighted by atomic mass is 10.1. The summed E-state index contributed by atoms with van der Waals surface area (Å²) in [6.45, 7) is 5.92. The molecule has 0 saturated heterocycles. The van der Waals surface area contributed by atoms with Crippen LogP contribution in [-0.2, 0) is 29.0 Å². The molecule has 0 aliphatic rings. The molecule has 192 valence electrons. The van der Waals surface area contributed by atoms with E-state index in [0.717, 1.165) is 29.5 Å². The molecule has 2 amide bonds.